The predicted molar refractivity (Wildman–Crippen MR) is 123 cm³/mol. The summed E-state index contributed by atoms with van der Waals surface area (Å²) in [5.41, 5.74) is 2.20. The van der Waals surface area contributed by atoms with Crippen LogP contribution in [0.15, 0.2) is 30.3 Å². The molecule has 3 fully saturated rings. The Bertz CT molecular complexity index is 743. The molecule has 0 radical (unpaired) electrons. The highest BCUT2D eigenvalue weighted by atomic mass is 28.4. The maximum absolute atomic E-state index is 7.19. The lowest BCUT2D eigenvalue weighted by atomic mass is 10.1. The summed E-state index contributed by atoms with van der Waals surface area (Å²) in [5, 5.41) is 0. The predicted octanol–water partition coefficient (Wildman–Crippen LogP) is 5.44. The molecule has 0 bridgehead atoms. The maximum Gasteiger partial charge on any atom is 0.201 e. The largest absolute Gasteiger partial charge is 0.408 e. The molecule has 31 heavy (non-hydrogen) atoms. The fourth-order valence-corrected chi connectivity index (χ4v) is 11.8. The number of fused-ring (bicyclic) bond motifs is 3. The Morgan fingerprint density at radius 3 is 2.06 bits per heavy atom. The molecule has 1 aliphatic carbocycles. The Morgan fingerprint density at radius 2 is 1.48 bits per heavy atom. The van der Waals surface area contributed by atoms with E-state index in [4.69, 9.17) is 23.4 Å². The standard InChI is InChI=1S/C25H40O5Si/c1-16(2)31(17(3)4,18(5)6)30-21-20-22(28-24(7,8)27-20)25(23(21)29-25)15-26-14-19-12-10-9-11-13-19/h9-13,16-18,20-23H,14-15H2,1-8H3/t20-,21+,22-,23-,25+/m0/s1. The summed E-state index contributed by atoms with van der Waals surface area (Å²) < 4.78 is 32.4. The van der Waals surface area contributed by atoms with Crippen molar-refractivity contribution in [3.8, 4) is 0 Å². The van der Waals surface area contributed by atoms with Crippen LogP contribution in [0.3, 0.4) is 0 Å². The van der Waals surface area contributed by atoms with Gasteiger partial charge < -0.3 is 23.4 Å². The van der Waals surface area contributed by atoms with Crippen molar-refractivity contribution < 1.29 is 23.4 Å². The van der Waals surface area contributed by atoms with Gasteiger partial charge in [-0.05, 0) is 36.0 Å². The minimum Gasteiger partial charge on any atom is -0.408 e. The molecule has 0 N–H and O–H groups in total. The third-order valence-electron chi connectivity index (χ3n) is 7.49. The molecule has 6 heteroatoms. The fraction of sp³-hybridized carbons (Fsp3) is 0.760. The Kier molecular flexibility index (Phi) is 6.21. The van der Waals surface area contributed by atoms with Crippen molar-refractivity contribution in [2.45, 2.75) is 114 Å². The van der Waals surface area contributed by atoms with Crippen LogP contribution in [0.5, 0.6) is 0 Å². The van der Waals surface area contributed by atoms with Crippen LogP contribution in [-0.2, 0) is 30.0 Å². The first-order valence-corrected chi connectivity index (χ1v) is 14.0. The molecule has 0 aromatic heterocycles. The summed E-state index contributed by atoms with van der Waals surface area (Å²) in [6, 6.07) is 10.3. The third-order valence-corrected chi connectivity index (χ3v) is 13.6. The highest BCUT2D eigenvalue weighted by Crippen LogP contribution is 2.59. The molecule has 0 spiro atoms. The number of hydrogen-bond acceptors (Lipinski definition) is 5. The van der Waals surface area contributed by atoms with Gasteiger partial charge in [-0.3, -0.25) is 0 Å². The SMILES string of the molecule is CC(C)[Si](O[C@@H]1[C@@H]2OC(C)(C)O[C@@H]2[C@@]2(COCc3ccccc3)O[C@@H]12)(C(C)C)C(C)C. The molecule has 2 heterocycles. The molecule has 2 saturated heterocycles. The fourth-order valence-electron chi connectivity index (χ4n) is 6.23. The topological polar surface area (TPSA) is 49.5 Å². The molecule has 0 unspecified atom stereocenters. The molecular weight excluding hydrogens is 408 g/mol. The van der Waals surface area contributed by atoms with Crippen LogP contribution >= 0.6 is 0 Å². The Labute approximate surface area is 188 Å². The second kappa shape index (κ2) is 8.23. The van der Waals surface area contributed by atoms with Crippen molar-refractivity contribution in [3.63, 3.8) is 0 Å². The summed E-state index contributed by atoms with van der Waals surface area (Å²) >= 11 is 0. The van der Waals surface area contributed by atoms with Gasteiger partial charge in [0.2, 0.25) is 8.32 Å². The summed E-state index contributed by atoms with van der Waals surface area (Å²) in [6.45, 7) is 18.9. The summed E-state index contributed by atoms with van der Waals surface area (Å²) in [5.74, 6) is -0.641. The lowest BCUT2D eigenvalue weighted by Gasteiger charge is -2.45. The molecule has 1 saturated carbocycles. The molecule has 5 atom stereocenters. The molecule has 3 aliphatic rings. The Hall–Kier alpha value is -0.763. The van der Waals surface area contributed by atoms with Gasteiger partial charge in [0.15, 0.2) is 5.79 Å². The van der Waals surface area contributed by atoms with E-state index in [1.807, 2.05) is 32.0 Å². The first-order chi connectivity index (χ1) is 14.5. The van der Waals surface area contributed by atoms with Crippen molar-refractivity contribution in [3.05, 3.63) is 35.9 Å². The van der Waals surface area contributed by atoms with Gasteiger partial charge in [-0.25, -0.2) is 0 Å². The maximum atomic E-state index is 7.19. The molecule has 5 nitrogen and oxygen atoms in total. The monoisotopic (exact) mass is 448 g/mol. The van der Waals surface area contributed by atoms with Crippen LogP contribution in [0.25, 0.3) is 0 Å². The third kappa shape index (κ3) is 3.94. The lowest BCUT2D eigenvalue weighted by Crippen LogP contribution is -2.53. The van der Waals surface area contributed by atoms with E-state index in [1.54, 1.807) is 0 Å². The number of hydrogen-bond donors (Lipinski definition) is 0. The Balaban J connectivity index is 1.54. The van der Waals surface area contributed by atoms with Crippen LogP contribution in [0, 0.1) is 0 Å². The van der Waals surface area contributed by atoms with Crippen molar-refractivity contribution >= 4 is 8.32 Å². The van der Waals surface area contributed by atoms with Gasteiger partial charge >= 0.3 is 0 Å². The van der Waals surface area contributed by atoms with Crippen LogP contribution in [0.2, 0.25) is 16.6 Å². The van der Waals surface area contributed by atoms with Crippen molar-refractivity contribution in [1.82, 2.24) is 0 Å². The minimum atomic E-state index is -2.09. The lowest BCUT2D eigenvalue weighted by molar-refractivity contribution is -0.162. The highest BCUT2D eigenvalue weighted by Gasteiger charge is 2.79. The minimum absolute atomic E-state index is 0.0301. The Morgan fingerprint density at radius 1 is 0.871 bits per heavy atom. The van der Waals surface area contributed by atoms with Gasteiger partial charge in [0.1, 0.15) is 30.0 Å². The zero-order chi connectivity index (χ0) is 22.6. The molecular formula is C25H40O5Si. The second-order valence-electron chi connectivity index (χ2n) is 10.9. The van der Waals surface area contributed by atoms with Crippen LogP contribution in [0.1, 0.15) is 61.0 Å². The highest BCUT2D eigenvalue weighted by molar-refractivity contribution is 6.77. The van der Waals surface area contributed by atoms with Gasteiger partial charge in [0.05, 0.1) is 13.2 Å². The van der Waals surface area contributed by atoms with E-state index in [9.17, 15) is 0 Å². The van der Waals surface area contributed by atoms with Gasteiger partial charge in [0, 0.05) is 0 Å². The number of ether oxygens (including phenoxy) is 4. The zero-order valence-corrected chi connectivity index (χ0v) is 21.4. The van der Waals surface area contributed by atoms with Crippen LogP contribution < -0.4 is 0 Å². The molecule has 4 rings (SSSR count). The summed E-state index contributed by atoms with van der Waals surface area (Å²) in [7, 11) is -2.09. The molecule has 174 valence electrons. The van der Waals surface area contributed by atoms with E-state index in [2.05, 4.69) is 53.7 Å². The van der Waals surface area contributed by atoms with Crippen LogP contribution in [-0.4, -0.2) is 50.7 Å². The van der Waals surface area contributed by atoms with Crippen molar-refractivity contribution in [2.24, 2.45) is 0 Å². The van der Waals surface area contributed by atoms with Gasteiger partial charge in [-0.15, -0.1) is 0 Å². The first kappa shape index (κ1) is 23.4. The average Bonchev–Trinajstić information content (AvgIpc) is 3.23. The van der Waals surface area contributed by atoms with E-state index >= 15 is 0 Å². The van der Waals surface area contributed by atoms with Gasteiger partial charge in [0.25, 0.3) is 0 Å². The number of rotatable bonds is 9. The number of benzene rings is 1. The zero-order valence-electron chi connectivity index (χ0n) is 20.4. The molecule has 1 aromatic rings. The number of epoxide rings is 1. The second-order valence-corrected chi connectivity index (χ2v) is 16.3. The van der Waals surface area contributed by atoms with Crippen molar-refractivity contribution in [1.29, 1.82) is 0 Å². The van der Waals surface area contributed by atoms with E-state index in [-0.39, 0.29) is 24.4 Å². The average molecular weight is 449 g/mol. The van der Waals surface area contributed by atoms with Crippen LogP contribution in [0.4, 0.5) is 0 Å². The summed E-state index contributed by atoms with van der Waals surface area (Å²) in [6.07, 6.45) is -0.410. The van der Waals surface area contributed by atoms with Gasteiger partial charge in [-0.1, -0.05) is 71.9 Å². The van der Waals surface area contributed by atoms with Gasteiger partial charge in [-0.2, -0.15) is 0 Å². The quantitative estimate of drug-likeness (QED) is 0.372. The molecule has 0 amide bonds. The van der Waals surface area contributed by atoms with E-state index in [0.717, 1.165) is 5.56 Å². The normalized spacial score (nSPS) is 33.9. The smallest absolute Gasteiger partial charge is 0.201 e. The van der Waals surface area contributed by atoms with E-state index < -0.39 is 19.7 Å². The van der Waals surface area contributed by atoms with Crippen molar-refractivity contribution in [2.75, 3.05) is 6.61 Å². The first-order valence-electron chi connectivity index (χ1n) is 11.9. The summed E-state index contributed by atoms with van der Waals surface area (Å²) in [4.78, 5) is 0. The van der Waals surface area contributed by atoms with E-state index in [1.165, 1.54) is 0 Å². The van der Waals surface area contributed by atoms with E-state index in [0.29, 0.717) is 29.8 Å². The molecule has 2 aliphatic heterocycles. The molecule has 1 aromatic carbocycles.